The average molecular weight is 330 g/mol. The van der Waals surface area contributed by atoms with Crippen LogP contribution >= 0.6 is 11.8 Å². The molecule has 0 saturated heterocycles. The summed E-state index contributed by atoms with van der Waals surface area (Å²) in [5.74, 6) is 0.984. The lowest BCUT2D eigenvalue weighted by Crippen LogP contribution is -2.32. The molecule has 1 aromatic rings. The van der Waals surface area contributed by atoms with Crippen molar-refractivity contribution in [3.8, 4) is 6.07 Å². The molecule has 0 radical (unpaired) electrons. The van der Waals surface area contributed by atoms with Gasteiger partial charge in [0.05, 0.1) is 11.4 Å². The highest BCUT2D eigenvalue weighted by Gasteiger charge is 2.19. The third-order valence-corrected chi connectivity index (χ3v) is 4.80. The molecule has 0 aliphatic heterocycles. The third kappa shape index (κ3) is 4.32. The van der Waals surface area contributed by atoms with Crippen molar-refractivity contribution < 1.29 is 4.79 Å². The Kier molecular flexibility index (Phi) is 6.17. The van der Waals surface area contributed by atoms with Crippen LogP contribution in [-0.2, 0) is 4.79 Å². The van der Waals surface area contributed by atoms with E-state index in [-0.39, 0.29) is 11.7 Å². The minimum Gasteiger partial charge on any atom is -0.316 e. The van der Waals surface area contributed by atoms with Gasteiger partial charge in [0.15, 0.2) is 0 Å². The number of carbonyl (C=O) groups is 1. The Hall–Kier alpha value is -1.87. The topological polar surface area (TPSA) is 69.9 Å². The Balaban J connectivity index is 2.09. The minimum atomic E-state index is 0.0726. The summed E-state index contributed by atoms with van der Waals surface area (Å²) in [6.45, 7) is 6.27. The van der Waals surface area contributed by atoms with E-state index < -0.39 is 0 Å². The maximum Gasteiger partial charge on any atom is 0.237 e. The molecule has 0 spiro atoms. The van der Waals surface area contributed by atoms with Crippen molar-refractivity contribution in [2.75, 3.05) is 12.3 Å². The zero-order valence-electron chi connectivity index (χ0n) is 13.9. The number of carbonyl (C=O) groups excluding carboxylic acids is 1. The van der Waals surface area contributed by atoms with Crippen LogP contribution in [0.3, 0.4) is 0 Å². The Morgan fingerprint density at radius 1 is 1.39 bits per heavy atom. The molecule has 0 bridgehead atoms. The predicted molar refractivity (Wildman–Crippen MR) is 90.9 cm³/mol. The number of nitrogens with zero attached hydrogens (tertiary/aromatic N) is 4. The fraction of sp³-hybridized carbons (Fsp3) is 0.529. The molecule has 23 heavy (non-hydrogen) atoms. The Morgan fingerprint density at radius 2 is 2.17 bits per heavy atom. The molecular weight excluding hydrogens is 308 g/mol. The van der Waals surface area contributed by atoms with Crippen molar-refractivity contribution >= 4 is 17.7 Å². The van der Waals surface area contributed by atoms with Gasteiger partial charge >= 0.3 is 0 Å². The first-order valence-corrected chi connectivity index (χ1v) is 8.93. The molecule has 0 atom stereocenters. The molecule has 5 nitrogen and oxygen atoms in total. The molecule has 0 aromatic carbocycles. The first-order chi connectivity index (χ1) is 11.1. The average Bonchev–Trinajstić information content (AvgIpc) is 2.54. The van der Waals surface area contributed by atoms with Crippen LogP contribution in [0.5, 0.6) is 0 Å². The van der Waals surface area contributed by atoms with Gasteiger partial charge in [-0.3, -0.25) is 4.79 Å². The van der Waals surface area contributed by atoms with Crippen LogP contribution in [0.15, 0.2) is 16.8 Å². The fourth-order valence-electron chi connectivity index (χ4n) is 2.73. The first kappa shape index (κ1) is 17.5. The summed E-state index contributed by atoms with van der Waals surface area (Å²) in [6, 6.07) is 2.14. The summed E-state index contributed by atoms with van der Waals surface area (Å²) in [6.07, 6.45) is 6.55. The van der Waals surface area contributed by atoms with E-state index in [1.54, 1.807) is 13.8 Å². The third-order valence-electron chi connectivity index (χ3n) is 3.84. The predicted octanol–water partition coefficient (Wildman–Crippen LogP) is 3.36. The van der Waals surface area contributed by atoms with Crippen LogP contribution in [0.4, 0.5) is 0 Å². The van der Waals surface area contributed by atoms with Gasteiger partial charge in [-0.1, -0.05) is 17.8 Å². The van der Waals surface area contributed by atoms with Crippen LogP contribution in [0.1, 0.15) is 49.7 Å². The van der Waals surface area contributed by atoms with Crippen molar-refractivity contribution in [3.05, 3.63) is 28.9 Å². The number of allylic oxidation sites excluding steroid dienone is 2. The minimum absolute atomic E-state index is 0.0726. The van der Waals surface area contributed by atoms with Crippen LogP contribution in [0.2, 0.25) is 0 Å². The van der Waals surface area contributed by atoms with Crippen LogP contribution in [0.25, 0.3) is 0 Å². The lowest BCUT2D eigenvalue weighted by Gasteiger charge is -2.26. The molecule has 122 valence electrons. The molecule has 1 heterocycles. The summed E-state index contributed by atoms with van der Waals surface area (Å²) >= 11 is 1.32. The van der Waals surface area contributed by atoms with E-state index in [1.165, 1.54) is 18.2 Å². The standard InChI is InChI=1S/C17H22N4OS/c1-4-21(14-8-6-5-7-9-14)16(22)11-23-17-15(10-18)12(2)19-13(3)20-17/h8H,4-7,9,11H2,1-3H3. The Labute approximate surface area is 141 Å². The van der Waals surface area contributed by atoms with Gasteiger partial charge in [0.25, 0.3) is 0 Å². The Bertz CT molecular complexity index is 663. The molecule has 1 aromatic heterocycles. The number of aromatic nitrogens is 2. The summed E-state index contributed by atoms with van der Waals surface area (Å²) in [5, 5.41) is 9.86. The van der Waals surface area contributed by atoms with Gasteiger partial charge in [-0.2, -0.15) is 5.26 Å². The second-order valence-electron chi connectivity index (χ2n) is 5.52. The van der Waals surface area contributed by atoms with Gasteiger partial charge in [0.1, 0.15) is 22.5 Å². The molecule has 6 heteroatoms. The zero-order chi connectivity index (χ0) is 16.8. The van der Waals surface area contributed by atoms with E-state index in [2.05, 4.69) is 22.1 Å². The molecule has 0 unspecified atom stereocenters. The molecule has 1 aliphatic rings. The fourth-order valence-corrected chi connectivity index (χ4v) is 3.68. The quantitative estimate of drug-likeness (QED) is 0.611. The van der Waals surface area contributed by atoms with E-state index in [0.717, 1.165) is 25.0 Å². The van der Waals surface area contributed by atoms with Gasteiger partial charge in [0, 0.05) is 12.2 Å². The van der Waals surface area contributed by atoms with Crippen LogP contribution in [-0.4, -0.2) is 33.1 Å². The summed E-state index contributed by atoms with van der Waals surface area (Å²) in [7, 11) is 0. The number of thioether (sulfide) groups is 1. The number of rotatable bonds is 5. The van der Waals surface area contributed by atoms with Gasteiger partial charge in [0.2, 0.25) is 5.91 Å². The zero-order valence-corrected chi connectivity index (χ0v) is 14.7. The Morgan fingerprint density at radius 3 is 2.78 bits per heavy atom. The van der Waals surface area contributed by atoms with Gasteiger partial charge < -0.3 is 4.90 Å². The normalized spacial score (nSPS) is 14.1. The first-order valence-electron chi connectivity index (χ1n) is 7.94. The smallest absolute Gasteiger partial charge is 0.237 e. The van der Waals surface area contributed by atoms with E-state index >= 15 is 0 Å². The lowest BCUT2D eigenvalue weighted by molar-refractivity contribution is -0.126. The maximum atomic E-state index is 12.6. The lowest BCUT2D eigenvalue weighted by atomic mass is 10.0. The van der Waals surface area contributed by atoms with E-state index in [9.17, 15) is 10.1 Å². The maximum absolute atomic E-state index is 12.6. The second kappa shape index (κ2) is 8.11. The summed E-state index contributed by atoms with van der Waals surface area (Å²) < 4.78 is 0. The summed E-state index contributed by atoms with van der Waals surface area (Å²) in [5.41, 5.74) is 2.27. The number of amides is 1. The van der Waals surface area contributed by atoms with Crippen molar-refractivity contribution in [2.24, 2.45) is 0 Å². The van der Waals surface area contributed by atoms with Crippen LogP contribution < -0.4 is 0 Å². The number of nitriles is 1. The molecule has 0 fully saturated rings. The molecule has 1 amide bonds. The molecule has 1 aliphatic carbocycles. The van der Waals surface area contributed by atoms with Crippen molar-refractivity contribution in [2.45, 2.75) is 51.5 Å². The second-order valence-corrected chi connectivity index (χ2v) is 6.48. The highest BCUT2D eigenvalue weighted by molar-refractivity contribution is 8.00. The SMILES string of the molecule is CCN(C(=O)CSc1nc(C)nc(C)c1C#N)C1=CCCCC1. The van der Waals surface area contributed by atoms with Crippen molar-refractivity contribution in [1.82, 2.24) is 14.9 Å². The van der Waals surface area contributed by atoms with Gasteiger partial charge in [-0.05, 0) is 46.5 Å². The molecule has 0 saturated carbocycles. The van der Waals surface area contributed by atoms with E-state index in [0.29, 0.717) is 28.7 Å². The highest BCUT2D eigenvalue weighted by atomic mass is 32.2. The molecule has 2 rings (SSSR count). The van der Waals surface area contributed by atoms with E-state index in [4.69, 9.17) is 0 Å². The number of aryl methyl sites for hydroxylation is 2. The molecular formula is C17H22N4OS. The molecule has 0 N–H and O–H groups in total. The van der Waals surface area contributed by atoms with Gasteiger partial charge in [-0.15, -0.1) is 0 Å². The summed E-state index contributed by atoms with van der Waals surface area (Å²) in [4.78, 5) is 22.9. The van der Waals surface area contributed by atoms with Crippen molar-refractivity contribution in [1.29, 1.82) is 5.26 Å². The number of hydrogen-bond donors (Lipinski definition) is 0. The van der Waals surface area contributed by atoms with Crippen molar-refractivity contribution in [3.63, 3.8) is 0 Å². The largest absolute Gasteiger partial charge is 0.316 e. The van der Waals surface area contributed by atoms with E-state index in [1.807, 2.05) is 11.8 Å². The monoisotopic (exact) mass is 330 g/mol. The highest BCUT2D eigenvalue weighted by Crippen LogP contribution is 2.25. The van der Waals surface area contributed by atoms with Gasteiger partial charge in [-0.25, -0.2) is 9.97 Å². The van der Waals surface area contributed by atoms with Crippen LogP contribution in [0, 0.1) is 25.2 Å². The number of hydrogen-bond acceptors (Lipinski definition) is 5.